The van der Waals surface area contributed by atoms with Crippen LogP contribution in [0.1, 0.15) is 40.5 Å². The van der Waals surface area contributed by atoms with Gasteiger partial charge in [-0.15, -0.1) is 0 Å². The van der Waals surface area contributed by atoms with E-state index >= 15 is 0 Å². The van der Waals surface area contributed by atoms with Crippen molar-refractivity contribution in [2.45, 2.75) is 70.7 Å². The minimum atomic E-state index is -4.04. The number of phosphoric ester groups is 1. The number of rotatable bonds is 7. The number of hydrogen-bond acceptors (Lipinski definition) is 10. The average molecular weight is 461 g/mol. The van der Waals surface area contributed by atoms with Gasteiger partial charge in [0, 0.05) is 6.20 Å². The molecule has 2 saturated heterocycles. The number of ether oxygens (including phenoxy) is 2. The third kappa shape index (κ3) is 5.24. The molecule has 11 nitrogen and oxygen atoms in total. The molecule has 3 aliphatic heterocycles. The third-order valence-corrected chi connectivity index (χ3v) is 6.65. The van der Waals surface area contributed by atoms with Gasteiger partial charge in [-0.3, -0.25) is 32.9 Å². The first-order valence-corrected chi connectivity index (χ1v) is 11.6. The van der Waals surface area contributed by atoms with E-state index in [2.05, 4.69) is 0 Å². The molecule has 174 valence electrons. The Morgan fingerprint density at radius 1 is 1.39 bits per heavy atom. The molecule has 1 N–H and O–H groups in total. The number of carbonyl (C=O) groups is 3. The summed E-state index contributed by atoms with van der Waals surface area (Å²) in [5.74, 6) is -1.75. The van der Waals surface area contributed by atoms with E-state index in [1.54, 1.807) is 20.8 Å². The van der Waals surface area contributed by atoms with Gasteiger partial charge < -0.3 is 14.6 Å². The number of phosphoric acid groups is 1. The zero-order valence-corrected chi connectivity index (χ0v) is 18.8. The maximum atomic E-state index is 12.9. The second kappa shape index (κ2) is 9.09. The van der Waals surface area contributed by atoms with Crippen LogP contribution in [-0.4, -0.2) is 71.0 Å². The smallest absolute Gasteiger partial charge is 0.463 e. The Bertz CT molecular complexity index is 810. The van der Waals surface area contributed by atoms with Crippen LogP contribution < -0.4 is 0 Å². The quantitative estimate of drug-likeness (QED) is 0.335. The molecule has 1 unspecified atom stereocenters. The van der Waals surface area contributed by atoms with Crippen LogP contribution >= 0.6 is 7.82 Å². The lowest BCUT2D eigenvalue weighted by atomic mass is 9.95. The number of aliphatic hydroxyl groups is 1. The van der Waals surface area contributed by atoms with Crippen LogP contribution in [0.2, 0.25) is 0 Å². The van der Waals surface area contributed by atoms with E-state index in [1.807, 2.05) is 0 Å². The highest BCUT2D eigenvalue weighted by Crippen LogP contribution is 2.57. The number of allylic oxidation sites excluding steroid dienone is 1. The summed E-state index contributed by atoms with van der Waals surface area (Å²) in [7, 11) is -4.04. The Kier molecular flexibility index (Phi) is 7.05. The van der Waals surface area contributed by atoms with Gasteiger partial charge in [0.15, 0.2) is 12.0 Å². The van der Waals surface area contributed by atoms with Crippen molar-refractivity contribution in [3.05, 3.63) is 12.3 Å². The predicted molar refractivity (Wildman–Crippen MR) is 104 cm³/mol. The van der Waals surface area contributed by atoms with Crippen molar-refractivity contribution in [1.29, 1.82) is 0 Å². The van der Waals surface area contributed by atoms with Crippen molar-refractivity contribution in [2.24, 2.45) is 5.92 Å². The van der Waals surface area contributed by atoms with Crippen molar-refractivity contribution in [1.82, 2.24) is 4.90 Å². The van der Waals surface area contributed by atoms with Crippen LogP contribution in [0.4, 0.5) is 0 Å². The number of esters is 1. The van der Waals surface area contributed by atoms with E-state index in [1.165, 1.54) is 19.2 Å². The minimum Gasteiger partial charge on any atom is -0.463 e. The minimum absolute atomic E-state index is 0.0923. The van der Waals surface area contributed by atoms with Gasteiger partial charge in [0.2, 0.25) is 5.91 Å². The topological polar surface area (TPSA) is 138 Å². The van der Waals surface area contributed by atoms with Gasteiger partial charge in [-0.05, 0) is 33.3 Å². The molecule has 12 heteroatoms. The van der Waals surface area contributed by atoms with Crippen molar-refractivity contribution >= 4 is 25.5 Å². The first-order chi connectivity index (χ1) is 14.4. The van der Waals surface area contributed by atoms with Crippen molar-refractivity contribution in [2.75, 3.05) is 13.2 Å². The normalized spacial score (nSPS) is 36.6. The summed E-state index contributed by atoms with van der Waals surface area (Å²) in [6.45, 7) is 6.26. The van der Waals surface area contributed by atoms with Crippen molar-refractivity contribution in [3.63, 3.8) is 0 Å². The fourth-order valence-electron chi connectivity index (χ4n) is 3.50. The monoisotopic (exact) mass is 461 g/mol. The zero-order valence-electron chi connectivity index (χ0n) is 17.9. The summed E-state index contributed by atoms with van der Waals surface area (Å²) in [6.07, 6.45) is -0.929. The summed E-state index contributed by atoms with van der Waals surface area (Å²) < 4.78 is 39.8. The van der Waals surface area contributed by atoms with E-state index in [0.717, 1.165) is 4.90 Å². The Balaban J connectivity index is 1.61. The Morgan fingerprint density at radius 2 is 2.10 bits per heavy atom. The molecule has 0 aliphatic carbocycles. The lowest BCUT2D eigenvalue weighted by molar-refractivity contribution is -0.157. The highest BCUT2D eigenvalue weighted by atomic mass is 31.2. The lowest BCUT2D eigenvalue weighted by Crippen LogP contribution is -2.55. The van der Waals surface area contributed by atoms with E-state index in [4.69, 9.17) is 23.0 Å². The van der Waals surface area contributed by atoms with E-state index in [-0.39, 0.29) is 37.9 Å². The van der Waals surface area contributed by atoms with Gasteiger partial charge in [-0.25, -0.2) is 4.57 Å². The van der Waals surface area contributed by atoms with E-state index in [9.17, 15) is 24.1 Å². The predicted octanol–water partition coefficient (Wildman–Crippen LogP) is 1.30. The van der Waals surface area contributed by atoms with Gasteiger partial charge in [0.1, 0.15) is 17.8 Å². The van der Waals surface area contributed by atoms with Crippen LogP contribution in [0.5, 0.6) is 0 Å². The Labute approximate surface area is 180 Å². The number of ketones is 1. The Hall–Kier alpha value is -1.62. The molecule has 0 bridgehead atoms. The molecule has 3 heterocycles. The fourth-order valence-corrected chi connectivity index (χ4v) is 4.99. The molecule has 6 atom stereocenters. The highest BCUT2D eigenvalue weighted by molar-refractivity contribution is 7.48. The Morgan fingerprint density at radius 3 is 2.74 bits per heavy atom. The van der Waals surface area contributed by atoms with Crippen LogP contribution in [0.15, 0.2) is 12.3 Å². The summed E-state index contributed by atoms with van der Waals surface area (Å²) >= 11 is 0. The molecular formula is C19H28NO10P. The molecule has 0 aromatic carbocycles. The molecule has 0 aromatic heterocycles. The molecule has 3 aliphatic rings. The zero-order chi connectivity index (χ0) is 23.0. The van der Waals surface area contributed by atoms with Crippen molar-refractivity contribution < 1.29 is 47.1 Å². The maximum Gasteiger partial charge on any atom is 0.475 e. The molecule has 0 saturated carbocycles. The highest BCUT2D eigenvalue weighted by Gasteiger charge is 2.61. The molecule has 3 rings (SSSR count). The number of fused-ring (bicyclic) bond motifs is 1. The largest absolute Gasteiger partial charge is 0.475 e. The van der Waals surface area contributed by atoms with Gasteiger partial charge in [-0.1, -0.05) is 6.92 Å². The van der Waals surface area contributed by atoms with Crippen LogP contribution in [0.3, 0.4) is 0 Å². The molecule has 2 fully saturated rings. The number of hydrogen-bond donors (Lipinski definition) is 1. The summed E-state index contributed by atoms with van der Waals surface area (Å²) in [6, 6.07) is 0. The lowest BCUT2D eigenvalue weighted by Gasteiger charge is -2.37. The number of nitrogens with zero attached hydrogens (tertiary/aromatic N) is 1. The molecule has 31 heavy (non-hydrogen) atoms. The van der Waals surface area contributed by atoms with E-state index in [0.29, 0.717) is 0 Å². The second-order valence-corrected chi connectivity index (χ2v) is 9.91. The summed E-state index contributed by atoms with van der Waals surface area (Å²) in [5.41, 5.74) is -1.75. The molecule has 1 amide bonds. The molecular weight excluding hydrogens is 433 g/mol. The van der Waals surface area contributed by atoms with Gasteiger partial charge in [-0.2, -0.15) is 0 Å². The van der Waals surface area contributed by atoms with E-state index < -0.39 is 49.7 Å². The van der Waals surface area contributed by atoms with Crippen LogP contribution in [-0.2, 0) is 42.0 Å². The van der Waals surface area contributed by atoms with Crippen LogP contribution in [0, 0.1) is 5.92 Å². The molecule has 0 spiro atoms. The van der Waals surface area contributed by atoms with Gasteiger partial charge in [0.25, 0.3) is 0 Å². The third-order valence-electron chi connectivity index (χ3n) is 5.20. The molecule has 0 aromatic rings. The van der Waals surface area contributed by atoms with Gasteiger partial charge >= 0.3 is 13.8 Å². The standard InChI is InChI=1S/C19H28NO10P/c1-11(2)28-17(23)12(3)6-8-26-31(25)27-10-14-16(30-31)19(4,24)18(29-14)20-7-5-13(21)9-15(20)22/h5,7,11-12,14,16,18,24H,6,8-10H2,1-4H3/t12?,14-,16-,18-,19-,31-/m1/s1. The maximum absolute atomic E-state index is 12.9. The van der Waals surface area contributed by atoms with Crippen molar-refractivity contribution in [3.8, 4) is 0 Å². The van der Waals surface area contributed by atoms with Crippen LogP contribution in [0.25, 0.3) is 0 Å². The SMILES string of the molecule is CC(C)OC(=O)C(C)CCO[P@]1(=O)OC[C@H]2O[C@@H](N3C=CC(=O)CC3=O)[C@](C)(O)[C@@H]2O1. The first kappa shape index (κ1) is 24.0. The van der Waals surface area contributed by atoms with Gasteiger partial charge in [0.05, 0.1) is 31.7 Å². The number of carbonyl (C=O) groups excluding carboxylic acids is 3. The summed E-state index contributed by atoms with van der Waals surface area (Å²) in [5, 5.41) is 11.0. The summed E-state index contributed by atoms with van der Waals surface area (Å²) in [4.78, 5) is 36.6. The second-order valence-electron chi connectivity index (χ2n) is 8.29. The molecule has 0 radical (unpaired) electrons. The average Bonchev–Trinajstić information content (AvgIpc) is 2.91. The fraction of sp³-hybridized carbons (Fsp3) is 0.737. The number of amides is 1. The first-order valence-electron chi connectivity index (χ1n) is 10.1.